The van der Waals surface area contributed by atoms with E-state index in [9.17, 15) is 13.6 Å². The normalized spacial score (nSPS) is 10.5. The van der Waals surface area contributed by atoms with E-state index in [2.05, 4.69) is 15.6 Å². The summed E-state index contributed by atoms with van der Waals surface area (Å²) < 4.78 is 29.0. The third-order valence-corrected chi connectivity index (χ3v) is 3.11. The van der Waals surface area contributed by atoms with Gasteiger partial charge in [0.15, 0.2) is 0 Å². The molecule has 1 heterocycles. The molecule has 1 amide bonds. The molecule has 0 aliphatic carbocycles. The largest absolute Gasteiger partial charge is 0.383 e. The van der Waals surface area contributed by atoms with E-state index in [0.717, 1.165) is 18.0 Å². The number of aromatic nitrogens is 2. The molecular formula is C14H16F2N4O. The Kier molecular flexibility index (Phi) is 4.52. The van der Waals surface area contributed by atoms with E-state index >= 15 is 0 Å². The van der Waals surface area contributed by atoms with Crippen LogP contribution in [0.3, 0.4) is 0 Å². The van der Waals surface area contributed by atoms with Crippen LogP contribution in [0.2, 0.25) is 0 Å². The molecule has 0 aliphatic rings. The number of rotatable bonds is 5. The summed E-state index contributed by atoms with van der Waals surface area (Å²) in [7, 11) is 3.26. The Hall–Kier alpha value is -2.44. The highest BCUT2D eigenvalue weighted by molar-refractivity contribution is 5.94. The number of benzene rings is 1. The summed E-state index contributed by atoms with van der Waals surface area (Å²) in [6.07, 6.45) is 4.01. The molecule has 0 atom stereocenters. The summed E-state index contributed by atoms with van der Waals surface area (Å²) >= 11 is 0. The second kappa shape index (κ2) is 6.34. The first kappa shape index (κ1) is 15.0. The molecule has 1 aromatic carbocycles. The first-order valence-corrected chi connectivity index (χ1v) is 6.44. The molecular weight excluding hydrogens is 278 g/mol. The molecule has 0 saturated heterocycles. The Morgan fingerprint density at radius 3 is 2.52 bits per heavy atom. The van der Waals surface area contributed by atoms with Crippen LogP contribution in [-0.2, 0) is 13.5 Å². The van der Waals surface area contributed by atoms with Crippen molar-refractivity contribution in [1.29, 1.82) is 0 Å². The van der Waals surface area contributed by atoms with Gasteiger partial charge in [-0.05, 0) is 12.1 Å². The highest BCUT2D eigenvalue weighted by Crippen LogP contribution is 2.20. The van der Waals surface area contributed by atoms with Gasteiger partial charge in [-0.2, -0.15) is 0 Å². The number of hydrogen-bond donors (Lipinski definition) is 2. The number of amides is 1. The lowest BCUT2D eigenvalue weighted by atomic mass is 10.1. The van der Waals surface area contributed by atoms with Crippen molar-refractivity contribution in [3.63, 3.8) is 0 Å². The maximum Gasteiger partial charge on any atom is 0.251 e. The quantitative estimate of drug-likeness (QED) is 0.882. The zero-order valence-corrected chi connectivity index (χ0v) is 11.8. The van der Waals surface area contributed by atoms with Crippen molar-refractivity contribution in [1.82, 2.24) is 14.9 Å². The molecule has 0 spiro atoms. The van der Waals surface area contributed by atoms with Crippen molar-refractivity contribution in [2.24, 2.45) is 7.05 Å². The van der Waals surface area contributed by atoms with Gasteiger partial charge in [0.1, 0.15) is 23.1 Å². The number of imidazole rings is 1. The van der Waals surface area contributed by atoms with Gasteiger partial charge in [-0.25, -0.2) is 13.8 Å². The SMILES string of the molecule is CNc1c(F)cc(C(=O)NCCc2nccn2C)cc1F. The maximum absolute atomic E-state index is 13.6. The van der Waals surface area contributed by atoms with Gasteiger partial charge in [-0.1, -0.05) is 0 Å². The molecule has 1 aromatic heterocycles. The van der Waals surface area contributed by atoms with Crippen molar-refractivity contribution in [2.45, 2.75) is 6.42 Å². The summed E-state index contributed by atoms with van der Waals surface area (Å²) in [5.74, 6) is -1.30. The van der Waals surface area contributed by atoms with E-state index in [0.29, 0.717) is 13.0 Å². The van der Waals surface area contributed by atoms with Gasteiger partial charge in [-0.3, -0.25) is 4.79 Å². The first-order valence-electron chi connectivity index (χ1n) is 6.44. The number of hydrogen-bond acceptors (Lipinski definition) is 3. The zero-order chi connectivity index (χ0) is 15.4. The third-order valence-electron chi connectivity index (χ3n) is 3.11. The molecule has 0 aliphatic heterocycles. The van der Waals surface area contributed by atoms with E-state index in [1.165, 1.54) is 7.05 Å². The maximum atomic E-state index is 13.6. The van der Waals surface area contributed by atoms with Gasteiger partial charge in [0.05, 0.1) is 0 Å². The predicted molar refractivity (Wildman–Crippen MR) is 75.1 cm³/mol. The summed E-state index contributed by atoms with van der Waals surface area (Å²) in [5, 5.41) is 5.02. The Labute approximate surface area is 121 Å². The van der Waals surface area contributed by atoms with Crippen LogP contribution >= 0.6 is 0 Å². The lowest BCUT2D eigenvalue weighted by Crippen LogP contribution is -2.26. The molecule has 7 heteroatoms. The van der Waals surface area contributed by atoms with Gasteiger partial charge < -0.3 is 15.2 Å². The lowest BCUT2D eigenvalue weighted by Gasteiger charge is -2.08. The Morgan fingerprint density at radius 1 is 1.33 bits per heavy atom. The molecule has 0 radical (unpaired) electrons. The number of aryl methyl sites for hydroxylation is 1. The van der Waals surface area contributed by atoms with Crippen molar-refractivity contribution in [3.05, 3.63) is 47.5 Å². The van der Waals surface area contributed by atoms with Gasteiger partial charge in [-0.15, -0.1) is 0 Å². The van der Waals surface area contributed by atoms with Gasteiger partial charge >= 0.3 is 0 Å². The standard InChI is InChI=1S/C14H16F2N4O/c1-17-13-10(15)7-9(8-11(13)16)14(21)19-4-3-12-18-5-6-20(12)2/h5-8,17H,3-4H2,1-2H3,(H,19,21). The number of anilines is 1. The fraction of sp³-hybridized carbons (Fsp3) is 0.286. The van der Waals surface area contributed by atoms with Crippen LogP contribution in [0, 0.1) is 11.6 Å². The molecule has 21 heavy (non-hydrogen) atoms. The lowest BCUT2D eigenvalue weighted by molar-refractivity contribution is 0.0953. The summed E-state index contributed by atoms with van der Waals surface area (Å²) in [6, 6.07) is 2.01. The second-order valence-electron chi connectivity index (χ2n) is 4.53. The number of nitrogens with zero attached hydrogens (tertiary/aromatic N) is 2. The molecule has 0 unspecified atom stereocenters. The van der Waals surface area contributed by atoms with E-state index in [1.807, 2.05) is 11.6 Å². The molecule has 0 saturated carbocycles. The van der Waals surface area contributed by atoms with Crippen LogP contribution in [0.4, 0.5) is 14.5 Å². The molecule has 0 bridgehead atoms. The average Bonchev–Trinajstić information content (AvgIpc) is 2.84. The smallest absolute Gasteiger partial charge is 0.251 e. The van der Waals surface area contributed by atoms with Crippen LogP contribution in [0.25, 0.3) is 0 Å². The van der Waals surface area contributed by atoms with Crippen molar-refractivity contribution < 1.29 is 13.6 Å². The third kappa shape index (κ3) is 3.36. The van der Waals surface area contributed by atoms with Crippen LogP contribution < -0.4 is 10.6 Å². The van der Waals surface area contributed by atoms with E-state index < -0.39 is 17.5 Å². The second-order valence-corrected chi connectivity index (χ2v) is 4.53. The molecule has 2 aromatic rings. The fourth-order valence-corrected chi connectivity index (χ4v) is 1.97. The Bertz CT molecular complexity index is 631. The number of halogens is 2. The van der Waals surface area contributed by atoms with Crippen LogP contribution in [0.15, 0.2) is 24.5 Å². The molecule has 5 nitrogen and oxygen atoms in total. The fourth-order valence-electron chi connectivity index (χ4n) is 1.97. The Morgan fingerprint density at radius 2 is 2.00 bits per heavy atom. The van der Waals surface area contributed by atoms with Crippen molar-refractivity contribution in [2.75, 3.05) is 18.9 Å². The van der Waals surface area contributed by atoms with E-state index in [-0.39, 0.29) is 11.3 Å². The summed E-state index contributed by atoms with van der Waals surface area (Å²) in [6.45, 7) is 0.334. The van der Waals surface area contributed by atoms with Crippen molar-refractivity contribution >= 4 is 11.6 Å². The minimum absolute atomic E-state index is 0.0520. The topological polar surface area (TPSA) is 59.0 Å². The van der Waals surface area contributed by atoms with Crippen LogP contribution in [-0.4, -0.2) is 29.1 Å². The first-order chi connectivity index (χ1) is 10.0. The van der Waals surface area contributed by atoms with Gasteiger partial charge in [0.2, 0.25) is 0 Å². The predicted octanol–water partition coefficient (Wildman–Crippen LogP) is 1.71. The van der Waals surface area contributed by atoms with Crippen LogP contribution in [0.5, 0.6) is 0 Å². The zero-order valence-electron chi connectivity index (χ0n) is 11.8. The summed E-state index contributed by atoms with van der Waals surface area (Å²) in [5.41, 5.74) is -0.302. The van der Waals surface area contributed by atoms with Gasteiger partial charge in [0.25, 0.3) is 5.91 Å². The monoisotopic (exact) mass is 294 g/mol. The molecule has 0 fully saturated rings. The minimum Gasteiger partial charge on any atom is -0.383 e. The minimum atomic E-state index is -0.799. The van der Waals surface area contributed by atoms with Gasteiger partial charge in [0, 0.05) is 45.0 Å². The summed E-state index contributed by atoms with van der Waals surface area (Å²) in [4.78, 5) is 16.0. The number of nitrogens with one attached hydrogen (secondary N) is 2. The number of carbonyl (C=O) groups is 1. The molecule has 112 valence electrons. The van der Waals surface area contributed by atoms with Crippen LogP contribution in [0.1, 0.15) is 16.2 Å². The number of carbonyl (C=O) groups excluding carboxylic acids is 1. The Balaban J connectivity index is 1.99. The highest BCUT2D eigenvalue weighted by atomic mass is 19.1. The highest BCUT2D eigenvalue weighted by Gasteiger charge is 2.14. The average molecular weight is 294 g/mol. The molecule has 2 rings (SSSR count). The van der Waals surface area contributed by atoms with E-state index in [4.69, 9.17) is 0 Å². The molecule has 2 N–H and O–H groups in total. The van der Waals surface area contributed by atoms with E-state index in [1.54, 1.807) is 12.4 Å². The van der Waals surface area contributed by atoms with Crippen molar-refractivity contribution in [3.8, 4) is 0 Å².